The molecule has 0 spiro atoms. The minimum absolute atomic E-state index is 0.0845. The molecule has 0 aliphatic heterocycles. The number of para-hydroxylation sites is 1. The predicted octanol–water partition coefficient (Wildman–Crippen LogP) is 4.70. The molecule has 4 aromatic rings. The highest BCUT2D eigenvalue weighted by Crippen LogP contribution is 2.26. The maximum Gasteiger partial charge on any atom is 0.255 e. The van der Waals surface area contributed by atoms with E-state index < -0.39 is 5.82 Å². The van der Waals surface area contributed by atoms with Gasteiger partial charge in [0.1, 0.15) is 11.5 Å². The molecule has 0 fully saturated rings. The summed E-state index contributed by atoms with van der Waals surface area (Å²) < 4.78 is 16.6. The van der Waals surface area contributed by atoms with E-state index in [1.165, 1.54) is 12.1 Å². The fourth-order valence-electron chi connectivity index (χ4n) is 3.96. The van der Waals surface area contributed by atoms with Crippen LogP contribution in [0.3, 0.4) is 0 Å². The second kappa shape index (κ2) is 8.59. The van der Waals surface area contributed by atoms with Gasteiger partial charge in [0, 0.05) is 24.4 Å². The number of nitrogens with zero attached hydrogens (tertiary/aromatic N) is 3. The highest BCUT2D eigenvalue weighted by Gasteiger charge is 2.20. The van der Waals surface area contributed by atoms with Crippen LogP contribution >= 0.6 is 11.6 Å². The Hall–Kier alpha value is -3.45. The van der Waals surface area contributed by atoms with Gasteiger partial charge in [-0.1, -0.05) is 29.8 Å². The molecule has 2 aromatic carbocycles. The lowest BCUT2D eigenvalue weighted by atomic mass is 10.0. The number of hydrogen-bond donors (Lipinski definition) is 1. The maximum absolute atomic E-state index is 13.2. The second-order valence-corrected chi connectivity index (χ2v) is 8.08. The number of aryl methyl sites for hydroxylation is 3. The molecule has 164 valence electrons. The Balaban J connectivity index is 1.66. The Morgan fingerprint density at radius 2 is 1.88 bits per heavy atom. The number of halogens is 2. The van der Waals surface area contributed by atoms with Crippen LogP contribution in [0.25, 0.3) is 16.7 Å². The molecule has 4 rings (SSSR count). The van der Waals surface area contributed by atoms with Crippen molar-refractivity contribution in [3.63, 3.8) is 0 Å². The Morgan fingerprint density at radius 1 is 1.16 bits per heavy atom. The summed E-state index contributed by atoms with van der Waals surface area (Å²) in [7, 11) is 1.71. The molecule has 2 heterocycles. The van der Waals surface area contributed by atoms with Crippen molar-refractivity contribution in [1.82, 2.24) is 14.3 Å². The van der Waals surface area contributed by atoms with Gasteiger partial charge in [-0.25, -0.2) is 9.07 Å². The molecule has 0 aliphatic carbocycles. The third-order valence-electron chi connectivity index (χ3n) is 5.55. The van der Waals surface area contributed by atoms with Gasteiger partial charge < -0.3 is 5.32 Å². The molecule has 0 atom stereocenters. The average molecular weight is 453 g/mol. The van der Waals surface area contributed by atoms with Crippen LogP contribution in [0.4, 0.5) is 10.1 Å². The van der Waals surface area contributed by atoms with E-state index in [0.29, 0.717) is 16.9 Å². The molecule has 1 amide bonds. The second-order valence-electron chi connectivity index (χ2n) is 7.67. The van der Waals surface area contributed by atoms with E-state index in [9.17, 15) is 14.0 Å². The van der Waals surface area contributed by atoms with Crippen molar-refractivity contribution in [3.8, 4) is 5.69 Å². The molecular formula is C24H22ClFN4O2. The number of carbonyl (C=O) groups is 1. The van der Waals surface area contributed by atoms with Crippen LogP contribution in [0, 0.1) is 19.7 Å². The summed E-state index contributed by atoms with van der Waals surface area (Å²) in [5, 5.41) is 8.35. The van der Waals surface area contributed by atoms with Crippen LogP contribution in [0.1, 0.15) is 23.2 Å². The van der Waals surface area contributed by atoms with E-state index in [0.717, 1.165) is 28.4 Å². The standard InChI is InChI=1S/C24H22ClFN4O2/c1-14-18(10-12-21(31)27-20-11-9-16(26)13-19(20)25)24(32)29(3)23-22(14)15(2)28-30(23)17-7-5-4-6-8-17/h4-9,11,13H,10,12H2,1-3H3,(H,27,31). The maximum atomic E-state index is 13.2. The summed E-state index contributed by atoms with van der Waals surface area (Å²) in [5.41, 5.74) is 3.93. The fraction of sp³-hybridized carbons (Fsp3) is 0.208. The number of benzene rings is 2. The van der Waals surface area contributed by atoms with Crippen LogP contribution < -0.4 is 10.9 Å². The first-order valence-corrected chi connectivity index (χ1v) is 10.5. The van der Waals surface area contributed by atoms with E-state index in [2.05, 4.69) is 10.4 Å². The van der Waals surface area contributed by atoms with Crippen LogP contribution in [-0.4, -0.2) is 20.3 Å². The van der Waals surface area contributed by atoms with E-state index in [-0.39, 0.29) is 29.3 Å². The zero-order valence-corrected chi connectivity index (χ0v) is 18.7. The van der Waals surface area contributed by atoms with Gasteiger partial charge in [-0.3, -0.25) is 14.2 Å². The molecular weight excluding hydrogens is 431 g/mol. The van der Waals surface area contributed by atoms with Gasteiger partial charge in [0.05, 0.1) is 22.1 Å². The van der Waals surface area contributed by atoms with E-state index in [1.54, 1.807) is 16.3 Å². The van der Waals surface area contributed by atoms with Crippen LogP contribution in [-0.2, 0) is 18.3 Å². The van der Waals surface area contributed by atoms with Crippen molar-refractivity contribution >= 4 is 34.2 Å². The number of aromatic nitrogens is 3. The first kappa shape index (κ1) is 21.8. The van der Waals surface area contributed by atoms with Crippen LogP contribution in [0.15, 0.2) is 53.3 Å². The number of hydrogen-bond acceptors (Lipinski definition) is 3. The Bertz CT molecular complexity index is 1390. The SMILES string of the molecule is Cc1nn(-c2ccccc2)c2c1c(C)c(CCC(=O)Nc1ccc(F)cc1Cl)c(=O)n2C. The number of amides is 1. The zero-order valence-electron chi connectivity index (χ0n) is 17.9. The number of anilines is 1. The third kappa shape index (κ3) is 3.91. The van der Waals surface area contributed by atoms with Gasteiger partial charge in [-0.2, -0.15) is 5.10 Å². The van der Waals surface area contributed by atoms with Crippen molar-refractivity contribution in [3.05, 3.63) is 86.5 Å². The Morgan fingerprint density at radius 3 is 2.56 bits per heavy atom. The molecule has 0 saturated heterocycles. The topological polar surface area (TPSA) is 68.9 Å². The monoisotopic (exact) mass is 452 g/mol. The smallest absolute Gasteiger partial charge is 0.255 e. The van der Waals surface area contributed by atoms with Crippen LogP contribution in [0.2, 0.25) is 5.02 Å². The summed E-state index contributed by atoms with van der Waals surface area (Å²) in [6.45, 7) is 3.80. The van der Waals surface area contributed by atoms with Gasteiger partial charge in [-0.05, 0) is 56.2 Å². The highest BCUT2D eigenvalue weighted by molar-refractivity contribution is 6.33. The van der Waals surface area contributed by atoms with Crippen molar-refractivity contribution in [1.29, 1.82) is 0 Å². The summed E-state index contributed by atoms with van der Waals surface area (Å²) in [5.74, 6) is -0.788. The summed E-state index contributed by atoms with van der Waals surface area (Å²) in [6.07, 6.45) is 0.343. The van der Waals surface area contributed by atoms with Crippen molar-refractivity contribution in [2.45, 2.75) is 26.7 Å². The lowest BCUT2D eigenvalue weighted by Crippen LogP contribution is -2.25. The molecule has 1 N–H and O–H groups in total. The van der Waals surface area contributed by atoms with Crippen LogP contribution in [0.5, 0.6) is 0 Å². The summed E-state index contributed by atoms with van der Waals surface area (Å²) in [6, 6.07) is 13.4. The molecule has 32 heavy (non-hydrogen) atoms. The third-order valence-corrected chi connectivity index (χ3v) is 5.86. The first-order chi connectivity index (χ1) is 15.3. The van der Waals surface area contributed by atoms with Crippen molar-refractivity contribution < 1.29 is 9.18 Å². The minimum atomic E-state index is -0.480. The van der Waals surface area contributed by atoms with Gasteiger partial charge in [0.15, 0.2) is 0 Å². The van der Waals surface area contributed by atoms with Gasteiger partial charge >= 0.3 is 0 Å². The van der Waals surface area contributed by atoms with E-state index in [4.69, 9.17) is 11.6 Å². The normalized spacial score (nSPS) is 11.2. The first-order valence-electron chi connectivity index (χ1n) is 10.2. The van der Waals surface area contributed by atoms with Gasteiger partial charge in [-0.15, -0.1) is 0 Å². The number of rotatable bonds is 5. The molecule has 0 radical (unpaired) electrons. The van der Waals surface area contributed by atoms with Gasteiger partial charge in [0.25, 0.3) is 5.56 Å². The number of pyridine rings is 1. The molecule has 0 bridgehead atoms. The Kier molecular flexibility index (Phi) is 5.84. The zero-order chi connectivity index (χ0) is 23.0. The number of nitrogens with one attached hydrogen (secondary N) is 1. The van der Waals surface area contributed by atoms with E-state index >= 15 is 0 Å². The molecule has 6 nitrogen and oxygen atoms in total. The fourth-order valence-corrected chi connectivity index (χ4v) is 4.17. The Labute approximate surface area is 189 Å². The van der Waals surface area contributed by atoms with Gasteiger partial charge in [0.2, 0.25) is 5.91 Å². The molecule has 8 heteroatoms. The van der Waals surface area contributed by atoms with Crippen molar-refractivity contribution in [2.75, 3.05) is 5.32 Å². The van der Waals surface area contributed by atoms with E-state index in [1.807, 2.05) is 44.2 Å². The number of fused-ring (bicyclic) bond motifs is 1. The molecule has 2 aromatic heterocycles. The summed E-state index contributed by atoms with van der Waals surface area (Å²) in [4.78, 5) is 25.6. The molecule has 0 saturated carbocycles. The average Bonchev–Trinajstić information content (AvgIpc) is 3.12. The molecule has 0 unspecified atom stereocenters. The largest absolute Gasteiger partial charge is 0.325 e. The minimum Gasteiger partial charge on any atom is -0.325 e. The highest BCUT2D eigenvalue weighted by atomic mass is 35.5. The van der Waals surface area contributed by atoms with Crippen molar-refractivity contribution in [2.24, 2.45) is 7.05 Å². The quantitative estimate of drug-likeness (QED) is 0.477. The lowest BCUT2D eigenvalue weighted by molar-refractivity contribution is -0.116. The summed E-state index contributed by atoms with van der Waals surface area (Å²) >= 11 is 5.98. The predicted molar refractivity (Wildman–Crippen MR) is 124 cm³/mol. The lowest BCUT2D eigenvalue weighted by Gasteiger charge is -2.13. The molecule has 0 aliphatic rings. The number of carbonyl (C=O) groups excluding carboxylic acids is 1.